The van der Waals surface area contributed by atoms with E-state index in [9.17, 15) is 0 Å². The van der Waals surface area contributed by atoms with Crippen LogP contribution < -0.4 is 0 Å². The van der Waals surface area contributed by atoms with Crippen LogP contribution in [0.15, 0.2) is 97.7 Å². The minimum Gasteiger partial charge on any atom is -0.103 e. The molecule has 0 heterocycles. The second-order valence-electron chi connectivity index (χ2n) is 10.1. The Labute approximate surface area is 247 Å². The molecule has 0 fully saturated rings. The lowest BCUT2D eigenvalue weighted by atomic mass is 9.77. The van der Waals surface area contributed by atoms with E-state index in [-0.39, 0.29) is 0 Å². The molecule has 0 heteroatoms. The second-order valence-corrected chi connectivity index (χ2v) is 10.1. The molecule has 0 N–H and O–H groups in total. The Morgan fingerprint density at radius 1 is 0.821 bits per heavy atom. The normalized spacial score (nSPS) is 12.1. The van der Waals surface area contributed by atoms with Gasteiger partial charge in [-0.25, -0.2) is 0 Å². The molecule has 1 atom stereocenters. The van der Waals surface area contributed by atoms with Gasteiger partial charge in [-0.1, -0.05) is 139 Å². The molecule has 1 aromatic rings. The Bertz CT molecular complexity index is 819. The Kier molecular flexibility index (Phi) is 33.4. The van der Waals surface area contributed by atoms with Crippen molar-refractivity contribution in [2.24, 2.45) is 5.41 Å². The molecule has 1 aromatic carbocycles. The summed E-state index contributed by atoms with van der Waals surface area (Å²) < 4.78 is 0. The molecule has 1 rings (SSSR count). The van der Waals surface area contributed by atoms with Crippen molar-refractivity contribution in [1.29, 1.82) is 0 Å². The Morgan fingerprint density at radius 2 is 1.26 bits per heavy atom. The van der Waals surface area contributed by atoms with Gasteiger partial charge in [-0.3, -0.25) is 0 Å². The summed E-state index contributed by atoms with van der Waals surface area (Å²) in [5, 5.41) is 0. The summed E-state index contributed by atoms with van der Waals surface area (Å²) >= 11 is 0. The van der Waals surface area contributed by atoms with E-state index in [4.69, 9.17) is 0 Å². The number of hydrogen-bond acceptors (Lipinski definition) is 0. The van der Waals surface area contributed by atoms with Gasteiger partial charge in [0, 0.05) is 0 Å². The second kappa shape index (κ2) is 29.9. The van der Waals surface area contributed by atoms with Crippen LogP contribution in [-0.2, 0) is 0 Å². The molecule has 0 saturated carbocycles. The predicted molar refractivity (Wildman–Crippen MR) is 187 cm³/mol. The monoisotopic (exact) mass is 535 g/mol. The third kappa shape index (κ3) is 28.2. The van der Waals surface area contributed by atoms with Crippen molar-refractivity contribution >= 4 is 0 Å². The van der Waals surface area contributed by atoms with Gasteiger partial charge in [0.15, 0.2) is 0 Å². The van der Waals surface area contributed by atoms with Gasteiger partial charge in [-0.2, -0.15) is 0 Å². The zero-order valence-electron chi connectivity index (χ0n) is 28.5. The van der Waals surface area contributed by atoms with Crippen molar-refractivity contribution < 1.29 is 0 Å². The molecule has 39 heavy (non-hydrogen) atoms. The van der Waals surface area contributed by atoms with Crippen LogP contribution in [0.1, 0.15) is 117 Å². The first-order valence-corrected chi connectivity index (χ1v) is 14.9. The van der Waals surface area contributed by atoms with Crippen LogP contribution in [0, 0.1) is 33.1 Å². The number of unbranched alkanes of at least 4 members (excludes halogenated alkanes) is 1. The SMILES string of the molecule is C=C(C)/C=C\C=C/C.C=C/C(=C\C=C/C)CC(C)(CC)CCCC.C=CC.CC.Cc1cc(C)c(C)cc1C. The van der Waals surface area contributed by atoms with Crippen LogP contribution in [0.2, 0.25) is 0 Å². The highest BCUT2D eigenvalue weighted by atomic mass is 14.3. The lowest BCUT2D eigenvalue weighted by Crippen LogP contribution is -2.15. The van der Waals surface area contributed by atoms with Crippen molar-refractivity contribution in [3.63, 3.8) is 0 Å². The van der Waals surface area contributed by atoms with E-state index in [2.05, 4.69) is 98.6 Å². The van der Waals surface area contributed by atoms with E-state index in [1.165, 1.54) is 53.5 Å². The lowest BCUT2D eigenvalue weighted by molar-refractivity contribution is 0.275. The molecule has 0 aromatic heterocycles. The zero-order chi connectivity index (χ0) is 31.3. The molecule has 222 valence electrons. The van der Waals surface area contributed by atoms with Gasteiger partial charge in [0.05, 0.1) is 0 Å². The van der Waals surface area contributed by atoms with Crippen LogP contribution in [0.5, 0.6) is 0 Å². The number of benzene rings is 1. The van der Waals surface area contributed by atoms with Gasteiger partial charge in [-0.05, 0) is 101 Å². The summed E-state index contributed by atoms with van der Waals surface area (Å²) in [4.78, 5) is 0. The maximum Gasteiger partial charge on any atom is -0.0225 e. The third-order valence-electron chi connectivity index (χ3n) is 6.18. The largest absolute Gasteiger partial charge is 0.103 e. The highest BCUT2D eigenvalue weighted by Crippen LogP contribution is 2.35. The average Bonchev–Trinajstić information content (AvgIpc) is 2.91. The van der Waals surface area contributed by atoms with Gasteiger partial charge in [0.1, 0.15) is 0 Å². The van der Waals surface area contributed by atoms with Crippen LogP contribution in [0.4, 0.5) is 0 Å². The maximum absolute atomic E-state index is 3.91. The summed E-state index contributed by atoms with van der Waals surface area (Å²) in [6, 6.07) is 4.48. The van der Waals surface area contributed by atoms with E-state index in [1.807, 2.05) is 71.9 Å². The van der Waals surface area contributed by atoms with Crippen molar-refractivity contribution in [2.75, 3.05) is 0 Å². The van der Waals surface area contributed by atoms with E-state index >= 15 is 0 Å². The van der Waals surface area contributed by atoms with Gasteiger partial charge in [0.2, 0.25) is 0 Å². The number of allylic oxidation sites excluding steroid dienone is 11. The molecule has 0 saturated heterocycles. The van der Waals surface area contributed by atoms with Gasteiger partial charge < -0.3 is 0 Å². The number of aryl methyl sites for hydroxylation is 4. The van der Waals surface area contributed by atoms with Gasteiger partial charge in [0.25, 0.3) is 0 Å². The molecule has 0 amide bonds. The standard InChI is InChI=1S/C16H28.C10H14.C8H12.C3H6.C2H6/c1-6-10-12-15(8-3)14-16(5,9-4)13-11-7-2;1-7-5-9(3)10(4)6-8(7)2;1-4-5-6-7-8(2)3;1-3-2;1-2/h6,8,10,12H,3,7,9,11,13-14H2,1-2,4-5H3;5-6H,1-4H3;4-7H,2H2,1,3H3;3H,1H2,2H3;1-2H3/b10-6-,15-12+;;5-4-,7-6-;;. The first kappa shape index (κ1) is 43.5. The van der Waals surface area contributed by atoms with E-state index < -0.39 is 0 Å². The summed E-state index contributed by atoms with van der Waals surface area (Å²) in [7, 11) is 0. The molecule has 0 nitrogen and oxygen atoms in total. The summed E-state index contributed by atoms with van der Waals surface area (Å²) in [6.07, 6.45) is 24.4. The minimum atomic E-state index is 0.442. The van der Waals surface area contributed by atoms with Crippen molar-refractivity contribution in [3.8, 4) is 0 Å². The smallest absolute Gasteiger partial charge is 0.0225 e. The molecule has 0 bridgehead atoms. The van der Waals surface area contributed by atoms with E-state index in [1.54, 1.807) is 6.08 Å². The molecule has 1 unspecified atom stereocenters. The highest BCUT2D eigenvalue weighted by Gasteiger charge is 2.21. The molecular weight excluding hydrogens is 468 g/mol. The fourth-order valence-corrected chi connectivity index (χ4v) is 3.34. The third-order valence-corrected chi connectivity index (χ3v) is 6.18. The highest BCUT2D eigenvalue weighted by molar-refractivity contribution is 5.35. The van der Waals surface area contributed by atoms with Crippen LogP contribution in [0.3, 0.4) is 0 Å². The summed E-state index contributed by atoms with van der Waals surface area (Å²) in [5.74, 6) is 0. The quantitative estimate of drug-likeness (QED) is 0.207. The van der Waals surface area contributed by atoms with E-state index in [0.29, 0.717) is 5.41 Å². The zero-order valence-corrected chi connectivity index (χ0v) is 28.5. The van der Waals surface area contributed by atoms with E-state index in [0.717, 1.165) is 12.0 Å². The first-order valence-electron chi connectivity index (χ1n) is 14.9. The van der Waals surface area contributed by atoms with Crippen LogP contribution in [0.25, 0.3) is 0 Å². The van der Waals surface area contributed by atoms with Crippen molar-refractivity contribution in [3.05, 3.63) is 120 Å². The lowest BCUT2D eigenvalue weighted by Gasteiger charge is -2.28. The molecule has 0 spiro atoms. The van der Waals surface area contributed by atoms with Crippen LogP contribution in [-0.4, -0.2) is 0 Å². The maximum atomic E-state index is 3.91. The van der Waals surface area contributed by atoms with Crippen molar-refractivity contribution in [1.82, 2.24) is 0 Å². The molecule has 0 aliphatic rings. The number of hydrogen-bond donors (Lipinski definition) is 0. The fraction of sp³-hybridized carbons (Fsp3) is 0.487. The molecule has 0 aliphatic heterocycles. The topological polar surface area (TPSA) is 0 Å². The molecular formula is C39H66. The predicted octanol–water partition coefficient (Wildman–Crippen LogP) is 13.5. The van der Waals surface area contributed by atoms with Gasteiger partial charge in [-0.15, -0.1) is 6.58 Å². The van der Waals surface area contributed by atoms with Crippen molar-refractivity contribution in [2.45, 2.75) is 122 Å². The molecule has 0 radical (unpaired) electrons. The Morgan fingerprint density at radius 3 is 1.56 bits per heavy atom. The van der Waals surface area contributed by atoms with Gasteiger partial charge >= 0.3 is 0 Å². The first-order chi connectivity index (χ1) is 18.4. The number of rotatable bonds is 10. The Balaban J connectivity index is -0.000000228. The van der Waals surface area contributed by atoms with Crippen LogP contribution >= 0.6 is 0 Å². The minimum absolute atomic E-state index is 0.442. The summed E-state index contributed by atoms with van der Waals surface area (Å²) in [5.41, 5.74) is 8.46. The Hall–Kier alpha value is -2.60. The fourth-order valence-electron chi connectivity index (χ4n) is 3.34. The summed E-state index contributed by atoms with van der Waals surface area (Å²) in [6.45, 7) is 38.5. The average molecular weight is 535 g/mol. The molecule has 0 aliphatic carbocycles.